The number of hydrogen-bond donors (Lipinski definition) is 1. The molecule has 3 heteroatoms. The zero-order chi connectivity index (χ0) is 14.3. The summed E-state index contributed by atoms with van der Waals surface area (Å²) in [6, 6.07) is 2.73. The number of hydrogen-bond acceptors (Lipinski definition) is 2. The molecule has 0 amide bonds. The lowest BCUT2D eigenvalue weighted by atomic mass is 9.68. The third-order valence-corrected chi connectivity index (χ3v) is 5.45. The Morgan fingerprint density at radius 1 is 1.25 bits per heavy atom. The van der Waals surface area contributed by atoms with Gasteiger partial charge in [0.25, 0.3) is 0 Å². The van der Waals surface area contributed by atoms with Gasteiger partial charge in [0.05, 0.1) is 11.7 Å². The molecular weight excluding hydrogens is 246 g/mol. The molecule has 112 valence electrons. The van der Waals surface area contributed by atoms with Gasteiger partial charge in [-0.1, -0.05) is 20.8 Å². The minimum absolute atomic E-state index is 0.393. The lowest BCUT2D eigenvalue weighted by molar-refractivity contribution is 0.0993. The van der Waals surface area contributed by atoms with Crippen LogP contribution in [0.15, 0.2) is 12.3 Å². The van der Waals surface area contributed by atoms with E-state index in [0.29, 0.717) is 17.4 Å². The normalized spacial score (nSPS) is 31.5. The summed E-state index contributed by atoms with van der Waals surface area (Å²) in [5.74, 6) is 2.12. The van der Waals surface area contributed by atoms with E-state index in [9.17, 15) is 0 Å². The highest BCUT2D eigenvalue weighted by Crippen LogP contribution is 2.45. The molecule has 0 bridgehead atoms. The molecule has 0 saturated heterocycles. The van der Waals surface area contributed by atoms with Gasteiger partial charge in [0.15, 0.2) is 0 Å². The van der Waals surface area contributed by atoms with Gasteiger partial charge in [-0.2, -0.15) is 5.10 Å². The smallest absolute Gasteiger partial charge is 0.0655 e. The quantitative estimate of drug-likeness (QED) is 0.913. The van der Waals surface area contributed by atoms with Gasteiger partial charge in [-0.15, -0.1) is 0 Å². The predicted molar refractivity (Wildman–Crippen MR) is 82.6 cm³/mol. The van der Waals surface area contributed by atoms with Crippen LogP contribution >= 0.6 is 0 Å². The Kier molecular flexibility index (Phi) is 3.65. The van der Waals surface area contributed by atoms with Crippen molar-refractivity contribution in [2.75, 3.05) is 6.54 Å². The van der Waals surface area contributed by atoms with Crippen LogP contribution in [0.3, 0.4) is 0 Å². The molecule has 1 aromatic rings. The second kappa shape index (κ2) is 5.18. The second-order valence-electron chi connectivity index (χ2n) is 7.93. The minimum Gasteiger partial charge on any atom is -0.330 e. The third kappa shape index (κ3) is 2.78. The second-order valence-corrected chi connectivity index (χ2v) is 7.93. The van der Waals surface area contributed by atoms with E-state index in [2.05, 4.69) is 37.7 Å². The van der Waals surface area contributed by atoms with Gasteiger partial charge < -0.3 is 5.73 Å². The lowest BCUT2D eigenvalue weighted by Gasteiger charge is -2.41. The van der Waals surface area contributed by atoms with Crippen molar-refractivity contribution in [3.63, 3.8) is 0 Å². The molecule has 2 N–H and O–H groups in total. The first-order valence-electron chi connectivity index (χ1n) is 8.24. The van der Waals surface area contributed by atoms with E-state index in [1.54, 1.807) is 0 Å². The Morgan fingerprint density at radius 2 is 2.00 bits per heavy atom. The highest BCUT2D eigenvalue weighted by molar-refractivity contribution is 5.13. The van der Waals surface area contributed by atoms with E-state index < -0.39 is 0 Å². The largest absolute Gasteiger partial charge is 0.330 e. The highest BCUT2D eigenvalue weighted by atomic mass is 15.3. The molecule has 3 atom stereocenters. The summed E-state index contributed by atoms with van der Waals surface area (Å²) in [4.78, 5) is 0. The molecule has 1 aromatic heterocycles. The number of aromatic nitrogens is 2. The summed E-state index contributed by atoms with van der Waals surface area (Å²) in [6.07, 6.45) is 8.66. The van der Waals surface area contributed by atoms with Gasteiger partial charge >= 0.3 is 0 Å². The van der Waals surface area contributed by atoms with Gasteiger partial charge in [0.1, 0.15) is 0 Å². The Morgan fingerprint density at radius 3 is 2.60 bits per heavy atom. The van der Waals surface area contributed by atoms with Crippen LogP contribution in [0.5, 0.6) is 0 Å². The zero-order valence-corrected chi connectivity index (χ0v) is 13.2. The molecular formula is C17H29N3. The maximum atomic E-state index is 6.02. The summed E-state index contributed by atoms with van der Waals surface area (Å²) in [6.45, 7) is 7.91. The van der Waals surface area contributed by atoms with Crippen LogP contribution in [-0.2, 0) is 0 Å². The Hall–Kier alpha value is -0.830. The summed E-state index contributed by atoms with van der Waals surface area (Å²) >= 11 is 0. The monoisotopic (exact) mass is 275 g/mol. The van der Waals surface area contributed by atoms with Crippen molar-refractivity contribution in [1.29, 1.82) is 0 Å². The molecule has 0 aromatic carbocycles. The van der Waals surface area contributed by atoms with Gasteiger partial charge in [0, 0.05) is 12.1 Å². The molecule has 0 radical (unpaired) electrons. The predicted octanol–water partition coefficient (Wildman–Crippen LogP) is 3.72. The topological polar surface area (TPSA) is 43.8 Å². The summed E-state index contributed by atoms with van der Waals surface area (Å²) < 4.78 is 2.24. The first-order valence-corrected chi connectivity index (χ1v) is 8.24. The molecule has 0 aliphatic heterocycles. The van der Waals surface area contributed by atoms with E-state index in [1.807, 2.05) is 0 Å². The van der Waals surface area contributed by atoms with Crippen molar-refractivity contribution in [1.82, 2.24) is 9.78 Å². The number of nitrogens with zero attached hydrogens (tertiary/aromatic N) is 2. The standard InChI is InChI=1S/C17H29N3/c1-17(2,3)14-7-6-13(11-18)16(10-14)20-9-8-15(19-20)12-4-5-12/h8-9,12-14,16H,4-7,10-11,18H2,1-3H3. The number of rotatable bonds is 3. The van der Waals surface area contributed by atoms with Gasteiger partial charge in [0.2, 0.25) is 0 Å². The SMILES string of the molecule is CC(C)(C)C1CCC(CN)C(n2ccc(C3CC3)n2)C1. The Labute approximate surface area is 122 Å². The lowest BCUT2D eigenvalue weighted by Crippen LogP contribution is -2.36. The minimum atomic E-state index is 0.393. The first kappa shape index (κ1) is 14.1. The molecule has 1 heterocycles. The van der Waals surface area contributed by atoms with Crippen LogP contribution in [0.25, 0.3) is 0 Å². The van der Waals surface area contributed by atoms with Crippen LogP contribution in [0.2, 0.25) is 0 Å². The Balaban J connectivity index is 1.78. The van der Waals surface area contributed by atoms with Crippen molar-refractivity contribution in [3.8, 4) is 0 Å². The maximum Gasteiger partial charge on any atom is 0.0655 e. The molecule has 2 aliphatic rings. The van der Waals surface area contributed by atoms with Crippen LogP contribution in [0.1, 0.15) is 70.5 Å². The van der Waals surface area contributed by atoms with Crippen molar-refractivity contribution in [2.45, 2.75) is 64.8 Å². The fraction of sp³-hybridized carbons (Fsp3) is 0.824. The van der Waals surface area contributed by atoms with Gasteiger partial charge in [-0.25, -0.2) is 0 Å². The first-order chi connectivity index (χ1) is 9.49. The summed E-state index contributed by atoms with van der Waals surface area (Å²) in [7, 11) is 0. The molecule has 2 fully saturated rings. The molecule has 3 rings (SSSR count). The van der Waals surface area contributed by atoms with E-state index in [0.717, 1.165) is 18.4 Å². The van der Waals surface area contributed by atoms with Gasteiger partial charge in [-0.05, 0) is 62.0 Å². The van der Waals surface area contributed by atoms with Crippen molar-refractivity contribution >= 4 is 0 Å². The number of nitrogens with two attached hydrogens (primary N) is 1. The van der Waals surface area contributed by atoms with E-state index >= 15 is 0 Å². The molecule has 20 heavy (non-hydrogen) atoms. The maximum absolute atomic E-state index is 6.02. The summed E-state index contributed by atoms with van der Waals surface area (Å²) in [5.41, 5.74) is 7.72. The van der Waals surface area contributed by atoms with Crippen LogP contribution in [0.4, 0.5) is 0 Å². The summed E-state index contributed by atoms with van der Waals surface area (Å²) in [5, 5.41) is 4.87. The Bertz CT molecular complexity index is 453. The van der Waals surface area contributed by atoms with Gasteiger partial charge in [-0.3, -0.25) is 4.68 Å². The van der Waals surface area contributed by atoms with Crippen LogP contribution in [0, 0.1) is 17.3 Å². The molecule has 0 spiro atoms. The zero-order valence-electron chi connectivity index (χ0n) is 13.2. The molecule has 3 nitrogen and oxygen atoms in total. The van der Waals surface area contributed by atoms with Crippen LogP contribution < -0.4 is 5.73 Å². The van der Waals surface area contributed by atoms with E-state index in [4.69, 9.17) is 10.8 Å². The molecule has 3 unspecified atom stereocenters. The molecule has 2 saturated carbocycles. The van der Waals surface area contributed by atoms with Crippen LogP contribution in [-0.4, -0.2) is 16.3 Å². The average molecular weight is 275 g/mol. The fourth-order valence-electron chi connectivity index (χ4n) is 3.73. The van der Waals surface area contributed by atoms with E-state index in [1.165, 1.54) is 37.8 Å². The molecule has 2 aliphatic carbocycles. The third-order valence-electron chi connectivity index (χ3n) is 5.45. The van der Waals surface area contributed by atoms with E-state index in [-0.39, 0.29) is 0 Å². The average Bonchev–Trinajstić information content (AvgIpc) is 3.15. The highest BCUT2D eigenvalue weighted by Gasteiger charge is 2.37. The van der Waals surface area contributed by atoms with Crippen molar-refractivity contribution in [3.05, 3.63) is 18.0 Å². The fourth-order valence-corrected chi connectivity index (χ4v) is 3.73. The van der Waals surface area contributed by atoms with Crippen molar-refractivity contribution in [2.24, 2.45) is 23.0 Å². The van der Waals surface area contributed by atoms with Crippen molar-refractivity contribution < 1.29 is 0 Å².